The summed E-state index contributed by atoms with van der Waals surface area (Å²) in [5.74, 6) is 0. The molecule has 0 bridgehead atoms. The van der Waals surface area contributed by atoms with Gasteiger partial charge in [0, 0.05) is 5.54 Å². The molecule has 0 saturated carbocycles. The molecule has 1 atom stereocenters. The van der Waals surface area contributed by atoms with Crippen LogP contribution in [0.5, 0.6) is 0 Å². The lowest BCUT2D eigenvalue weighted by Crippen LogP contribution is -2.48. The van der Waals surface area contributed by atoms with Gasteiger partial charge in [0.2, 0.25) is 0 Å². The molecule has 0 fully saturated rings. The number of carbonyl (C=O) groups is 1. The second-order valence-electron chi connectivity index (χ2n) is 4.65. The summed E-state index contributed by atoms with van der Waals surface area (Å²) in [5.41, 5.74) is -0.446. The molecule has 0 saturated heterocycles. The molecule has 92 valence electrons. The van der Waals surface area contributed by atoms with Gasteiger partial charge in [0.25, 0.3) is 0 Å². The predicted octanol–water partition coefficient (Wildman–Crippen LogP) is 2.08. The maximum atomic E-state index is 11.0. The highest BCUT2D eigenvalue weighted by Gasteiger charge is 2.27. The van der Waals surface area contributed by atoms with Crippen LogP contribution in [0.15, 0.2) is 0 Å². The molecule has 0 radical (unpaired) electrons. The third-order valence-corrected chi connectivity index (χ3v) is 2.10. The van der Waals surface area contributed by atoms with Crippen LogP contribution in [0, 0.1) is 11.3 Å². The van der Waals surface area contributed by atoms with Gasteiger partial charge in [-0.05, 0) is 27.7 Å². The van der Waals surface area contributed by atoms with Crippen LogP contribution in [0.4, 0.5) is 4.79 Å². The third kappa shape index (κ3) is 5.56. The van der Waals surface area contributed by atoms with Gasteiger partial charge in [-0.1, -0.05) is 0 Å². The fraction of sp³-hybridized carbons (Fsp3) is 0.818. The number of carboxylic acid groups (broad SMARTS) is 1. The molecule has 0 aromatic rings. The summed E-state index contributed by atoms with van der Waals surface area (Å²) in [6.45, 7) is 7.97. The normalized spacial score (nSPS) is 12.9. The van der Waals surface area contributed by atoms with Crippen molar-refractivity contribution in [3.8, 4) is 6.07 Å². The van der Waals surface area contributed by atoms with E-state index in [2.05, 4.69) is 0 Å². The summed E-state index contributed by atoms with van der Waals surface area (Å²) in [7, 11) is 0. The lowest BCUT2D eigenvalue weighted by atomic mass is 10.1. The number of rotatable bonds is 5. The van der Waals surface area contributed by atoms with Crippen molar-refractivity contribution in [2.45, 2.75) is 45.8 Å². The van der Waals surface area contributed by atoms with Gasteiger partial charge in [0.1, 0.15) is 0 Å². The van der Waals surface area contributed by atoms with Gasteiger partial charge in [-0.25, -0.2) is 4.79 Å². The predicted molar refractivity (Wildman–Crippen MR) is 60.1 cm³/mol. The van der Waals surface area contributed by atoms with Gasteiger partial charge in [-0.3, -0.25) is 0 Å². The maximum Gasteiger partial charge on any atom is 0.407 e. The molecule has 0 aliphatic carbocycles. The Balaban J connectivity index is 4.21. The fourth-order valence-electron chi connectivity index (χ4n) is 1.25. The van der Waals surface area contributed by atoms with Crippen molar-refractivity contribution < 1.29 is 14.6 Å². The molecule has 0 aliphatic heterocycles. The summed E-state index contributed by atoms with van der Waals surface area (Å²) in [5, 5.41) is 17.4. The minimum atomic E-state index is -0.955. The fourth-order valence-corrected chi connectivity index (χ4v) is 1.25. The van der Waals surface area contributed by atoms with Crippen LogP contribution in [-0.4, -0.2) is 40.9 Å². The molecule has 0 rings (SSSR count). The minimum Gasteiger partial charge on any atom is -0.465 e. The number of ether oxygens (including phenoxy) is 1. The van der Waals surface area contributed by atoms with Crippen molar-refractivity contribution in [1.82, 2.24) is 4.90 Å². The Morgan fingerprint density at radius 1 is 1.56 bits per heavy atom. The van der Waals surface area contributed by atoms with Gasteiger partial charge in [0.05, 0.1) is 31.7 Å². The van der Waals surface area contributed by atoms with Crippen molar-refractivity contribution >= 4 is 6.09 Å². The average Bonchev–Trinajstić information content (AvgIpc) is 2.12. The number of amides is 1. The zero-order chi connectivity index (χ0) is 12.8. The molecule has 0 spiro atoms. The Morgan fingerprint density at radius 3 is 2.50 bits per heavy atom. The molecule has 0 aliphatic rings. The van der Waals surface area contributed by atoms with E-state index in [1.165, 1.54) is 4.90 Å². The summed E-state index contributed by atoms with van der Waals surface area (Å²) in [6, 6.07) is 1.97. The quantitative estimate of drug-likeness (QED) is 0.731. The van der Waals surface area contributed by atoms with Gasteiger partial charge in [0.15, 0.2) is 0 Å². The first-order chi connectivity index (χ1) is 7.29. The van der Waals surface area contributed by atoms with Crippen LogP contribution in [0.2, 0.25) is 0 Å². The lowest BCUT2D eigenvalue weighted by molar-refractivity contribution is 0.0187. The average molecular weight is 228 g/mol. The first-order valence-corrected chi connectivity index (χ1v) is 5.28. The highest BCUT2D eigenvalue weighted by Crippen LogP contribution is 2.14. The molecule has 0 aromatic heterocycles. The van der Waals surface area contributed by atoms with E-state index in [4.69, 9.17) is 15.1 Å². The monoisotopic (exact) mass is 228 g/mol. The second kappa shape index (κ2) is 6.33. The Morgan fingerprint density at radius 2 is 2.12 bits per heavy atom. The van der Waals surface area contributed by atoms with Crippen LogP contribution in [0.1, 0.15) is 34.1 Å². The molecule has 1 amide bonds. The number of nitrogens with zero attached hydrogens (tertiary/aromatic N) is 2. The molecule has 5 heteroatoms. The first kappa shape index (κ1) is 14.7. The van der Waals surface area contributed by atoms with E-state index in [-0.39, 0.29) is 6.10 Å². The van der Waals surface area contributed by atoms with Crippen molar-refractivity contribution in [3.63, 3.8) is 0 Å². The van der Waals surface area contributed by atoms with E-state index in [0.29, 0.717) is 19.6 Å². The second-order valence-corrected chi connectivity index (χ2v) is 4.65. The van der Waals surface area contributed by atoms with E-state index in [9.17, 15) is 4.79 Å². The first-order valence-electron chi connectivity index (χ1n) is 5.28. The zero-order valence-corrected chi connectivity index (χ0v) is 10.4. The number of nitriles is 1. The molecular weight excluding hydrogens is 208 g/mol. The van der Waals surface area contributed by atoms with Crippen molar-refractivity contribution in [2.75, 3.05) is 13.2 Å². The summed E-state index contributed by atoms with van der Waals surface area (Å²) in [6.07, 6.45) is -0.834. The van der Waals surface area contributed by atoms with E-state index in [1.807, 2.05) is 26.8 Å². The summed E-state index contributed by atoms with van der Waals surface area (Å²) in [4.78, 5) is 12.4. The third-order valence-electron chi connectivity index (χ3n) is 2.10. The van der Waals surface area contributed by atoms with Crippen molar-refractivity contribution in [3.05, 3.63) is 0 Å². The van der Waals surface area contributed by atoms with Crippen molar-refractivity contribution in [1.29, 1.82) is 5.26 Å². The molecule has 0 heterocycles. The van der Waals surface area contributed by atoms with Gasteiger partial charge in [-0.15, -0.1) is 0 Å². The van der Waals surface area contributed by atoms with Crippen LogP contribution in [-0.2, 0) is 4.74 Å². The Labute approximate surface area is 96.6 Å². The molecule has 0 aromatic carbocycles. The molecule has 1 N–H and O–H groups in total. The van der Waals surface area contributed by atoms with Crippen LogP contribution < -0.4 is 0 Å². The highest BCUT2D eigenvalue weighted by molar-refractivity contribution is 5.66. The van der Waals surface area contributed by atoms with E-state index >= 15 is 0 Å². The van der Waals surface area contributed by atoms with Gasteiger partial charge < -0.3 is 14.7 Å². The van der Waals surface area contributed by atoms with Crippen LogP contribution in [0.3, 0.4) is 0 Å². The summed E-state index contributed by atoms with van der Waals surface area (Å²) < 4.78 is 5.33. The Bertz CT molecular complexity index is 265. The zero-order valence-electron chi connectivity index (χ0n) is 10.4. The lowest BCUT2D eigenvalue weighted by Gasteiger charge is -2.34. The van der Waals surface area contributed by atoms with Gasteiger partial charge >= 0.3 is 6.09 Å². The molecule has 0 unspecified atom stereocenters. The maximum absolute atomic E-state index is 11.0. The topological polar surface area (TPSA) is 73.6 Å². The molecule has 5 nitrogen and oxygen atoms in total. The van der Waals surface area contributed by atoms with E-state index < -0.39 is 11.6 Å². The highest BCUT2D eigenvalue weighted by atomic mass is 16.5. The smallest absolute Gasteiger partial charge is 0.407 e. The molecule has 16 heavy (non-hydrogen) atoms. The Kier molecular flexibility index (Phi) is 5.83. The number of hydrogen-bond acceptors (Lipinski definition) is 3. The Hall–Kier alpha value is -1.28. The standard InChI is InChI=1S/C11H20N2O3/c1-9(16-7-5-6-12)8-13(10(14)15)11(2,3)4/h9H,5,7-8H2,1-4H3,(H,14,15)/t9-/m1/s1. The van der Waals surface area contributed by atoms with Crippen LogP contribution in [0.25, 0.3) is 0 Å². The van der Waals surface area contributed by atoms with E-state index in [0.717, 1.165) is 0 Å². The largest absolute Gasteiger partial charge is 0.465 e. The van der Waals surface area contributed by atoms with Crippen molar-refractivity contribution in [2.24, 2.45) is 0 Å². The SMILES string of the molecule is C[C@H](CN(C(=O)O)C(C)(C)C)OCCC#N. The number of hydrogen-bond donors (Lipinski definition) is 1. The van der Waals surface area contributed by atoms with Gasteiger partial charge in [-0.2, -0.15) is 5.26 Å². The van der Waals surface area contributed by atoms with E-state index in [1.54, 1.807) is 6.92 Å². The molecular formula is C11H20N2O3. The minimum absolute atomic E-state index is 0.205. The summed E-state index contributed by atoms with van der Waals surface area (Å²) >= 11 is 0. The van der Waals surface area contributed by atoms with Crippen LogP contribution >= 0.6 is 0 Å².